The summed E-state index contributed by atoms with van der Waals surface area (Å²) >= 11 is 0. The molecule has 10 heteroatoms. The van der Waals surface area contributed by atoms with E-state index in [-0.39, 0.29) is 25.7 Å². The maximum Gasteiger partial charge on any atom is 0.307 e. The summed E-state index contributed by atoms with van der Waals surface area (Å²) in [5.74, 6) is -17.1. The van der Waals surface area contributed by atoms with Crippen LogP contribution in [0.3, 0.4) is 0 Å². The highest BCUT2D eigenvalue weighted by Gasteiger charge is 2.61. The standard InChI is InChI=1S/C42H44O10/c43-37-35(31(41(49)50)23-27-17-9-3-10-18-27)33(29(39(45)46)21-25-13-5-1-6-14-25)34(30(40(47)48)22-26-15-7-2-8-16-26)36(38(37)44)32(42(51)52)24-28-19-11-4-12-20-28/h1-20,29-38,43-44H,21-24H2,(H,45,46)(H,47,48)(H,49,50)(H,51,52)/t29?,30?,31?,32?,33-,34+,35-,36+,37-,38+. The number of hydrogen-bond donors (Lipinski definition) is 6. The number of benzene rings is 4. The maximum atomic E-state index is 13.5. The third-order valence-corrected chi connectivity index (χ3v) is 10.8. The number of carbonyl (C=O) groups is 4. The third kappa shape index (κ3) is 8.75. The van der Waals surface area contributed by atoms with Crippen molar-refractivity contribution in [3.8, 4) is 0 Å². The molecule has 272 valence electrons. The molecule has 1 aliphatic carbocycles. The van der Waals surface area contributed by atoms with Crippen LogP contribution in [-0.2, 0) is 44.9 Å². The fourth-order valence-electron chi connectivity index (χ4n) is 8.53. The lowest BCUT2D eigenvalue weighted by Crippen LogP contribution is -2.63. The third-order valence-electron chi connectivity index (χ3n) is 10.8. The van der Waals surface area contributed by atoms with Gasteiger partial charge >= 0.3 is 23.9 Å². The summed E-state index contributed by atoms with van der Waals surface area (Å²) < 4.78 is 0. The zero-order valence-corrected chi connectivity index (χ0v) is 28.5. The molecule has 4 aromatic carbocycles. The number of carboxylic acids is 4. The van der Waals surface area contributed by atoms with Crippen LogP contribution in [0.2, 0.25) is 0 Å². The van der Waals surface area contributed by atoms with Gasteiger partial charge in [0, 0.05) is 11.8 Å². The van der Waals surface area contributed by atoms with Crippen LogP contribution in [0.5, 0.6) is 0 Å². The van der Waals surface area contributed by atoms with E-state index < -0.39 is 83.4 Å². The van der Waals surface area contributed by atoms with Crippen LogP contribution in [0, 0.1) is 47.3 Å². The van der Waals surface area contributed by atoms with E-state index in [0.29, 0.717) is 22.3 Å². The minimum Gasteiger partial charge on any atom is -0.481 e. The molecule has 4 unspecified atom stereocenters. The van der Waals surface area contributed by atoms with Gasteiger partial charge in [-0.05, 0) is 59.8 Å². The summed E-state index contributed by atoms with van der Waals surface area (Å²) in [4.78, 5) is 53.6. The largest absolute Gasteiger partial charge is 0.481 e. The molecule has 0 radical (unpaired) electrons. The van der Waals surface area contributed by atoms with Gasteiger partial charge in [0.2, 0.25) is 0 Å². The highest BCUT2D eigenvalue weighted by Crippen LogP contribution is 2.53. The molecule has 10 nitrogen and oxygen atoms in total. The van der Waals surface area contributed by atoms with Crippen molar-refractivity contribution in [1.29, 1.82) is 0 Å². The van der Waals surface area contributed by atoms with Gasteiger partial charge in [0.25, 0.3) is 0 Å². The van der Waals surface area contributed by atoms with Gasteiger partial charge in [0.05, 0.1) is 35.9 Å². The molecule has 0 bridgehead atoms. The molecule has 6 N–H and O–H groups in total. The molecular weight excluding hydrogens is 664 g/mol. The fourth-order valence-corrected chi connectivity index (χ4v) is 8.53. The van der Waals surface area contributed by atoms with E-state index in [9.17, 15) is 49.8 Å². The molecule has 0 amide bonds. The van der Waals surface area contributed by atoms with Crippen molar-refractivity contribution in [2.75, 3.05) is 0 Å². The molecule has 5 rings (SSSR count). The maximum absolute atomic E-state index is 13.5. The summed E-state index contributed by atoms with van der Waals surface area (Å²) in [5.41, 5.74) is 2.31. The van der Waals surface area contributed by atoms with Crippen LogP contribution in [0.1, 0.15) is 22.3 Å². The summed E-state index contributed by atoms with van der Waals surface area (Å²) in [6, 6.07) is 34.4. The Morgan fingerprint density at radius 2 is 0.558 bits per heavy atom. The Bertz CT molecular complexity index is 1650. The van der Waals surface area contributed by atoms with E-state index in [1.165, 1.54) is 0 Å². The topological polar surface area (TPSA) is 190 Å². The normalized spacial score (nSPS) is 23.8. The highest BCUT2D eigenvalue weighted by molar-refractivity contribution is 5.76. The van der Waals surface area contributed by atoms with Crippen molar-refractivity contribution < 1.29 is 49.8 Å². The summed E-state index contributed by atoms with van der Waals surface area (Å²) in [5, 5.41) is 67.9. The molecule has 0 aromatic heterocycles. The van der Waals surface area contributed by atoms with Gasteiger partial charge in [-0.15, -0.1) is 0 Å². The van der Waals surface area contributed by atoms with Gasteiger partial charge in [0.1, 0.15) is 0 Å². The first-order valence-corrected chi connectivity index (χ1v) is 17.4. The molecule has 1 aliphatic rings. The molecule has 10 atom stereocenters. The lowest BCUT2D eigenvalue weighted by Gasteiger charge is -2.54. The zero-order chi connectivity index (χ0) is 37.4. The number of aliphatic hydroxyl groups is 2. The Morgan fingerprint density at radius 3 is 0.750 bits per heavy atom. The van der Waals surface area contributed by atoms with Crippen LogP contribution < -0.4 is 0 Å². The smallest absolute Gasteiger partial charge is 0.307 e. The lowest BCUT2D eigenvalue weighted by atomic mass is 9.50. The number of aliphatic hydroxyl groups excluding tert-OH is 2. The number of aliphatic carboxylic acids is 4. The second-order valence-electron chi connectivity index (χ2n) is 13.8. The predicted octanol–water partition coefficient (Wildman–Crippen LogP) is 4.96. The Kier molecular flexibility index (Phi) is 12.6. The van der Waals surface area contributed by atoms with Crippen molar-refractivity contribution >= 4 is 23.9 Å². The van der Waals surface area contributed by atoms with Crippen LogP contribution in [0.4, 0.5) is 0 Å². The SMILES string of the molecule is O=C(O)C(Cc1ccccc1)[C@@H]1[C@H](C(Cc2ccccc2)C(=O)O)[C@H](C(Cc2ccccc2)C(=O)O)[C@H](O)[C@H](O)[C@@H]1C(Cc1ccccc1)C(=O)O. The fraction of sp³-hybridized carbons (Fsp3) is 0.333. The first-order valence-electron chi connectivity index (χ1n) is 17.4. The molecule has 1 fully saturated rings. The van der Waals surface area contributed by atoms with Crippen LogP contribution in [-0.4, -0.2) is 66.7 Å². The molecule has 1 saturated carbocycles. The zero-order valence-electron chi connectivity index (χ0n) is 28.5. The van der Waals surface area contributed by atoms with Crippen LogP contribution in [0.25, 0.3) is 0 Å². The number of rotatable bonds is 16. The van der Waals surface area contributed by atoms with E-state index in [1.54, 1.807) is 121 Å². The van der Waals surface area contributed by atoms with E-state index in [4.69, 9.17) is 0 Å². The van der Waals surface area contributed by atoms with Crippen molar-refractivity contribution in [2.45, 2.75) is 37.9 Å². The Labute approximate surface area is 302 Å². The highest BCUT2D eigenvalue weighted by atomic mass is 16.4. The van der Waals surface area contributed by atoms with E-state index >= 15 is 0 Å². The van der Waals surface area contributed by atoms with Gasteiger partial charge in [-0.1, -0.05) is 121 Å². The monoisotopic (exact) mass is 708 g/mol. The number of hydrogen-bond acceptors (Lipinski definition) is 6. The van der Waals surface area contributed by atoms with Gasteiger partial charge in [-0.3, -0.25) is 19.2 Å². The van der Waals surface area contributed by atoms with Gasteiger partial charge < -0.3 is 30.6 Å². The van der Waals surface area contributed by atoms with Crippen molar-refractivity contribution in [3.05, 3.63) is 144 Å². The Balaban J connectivity index is 1.78. The average Bonchev–Trinajstić information content (AvgIpc) is 3.14. The van der Waals surface area contributed by atoms with Crippen molar-refractivity contribution in [1.82, 2.24) is 0 Å². The van der Waals surface area contributed by atoms with E-state index in [2.05, 4.69) is 0 Å². The van der Waals surface area contributed by atoms with Gasteiger partial charge in [-0.2, -0.15) is 0 Å². The second-order valence-corrected chi connectivity index (χ2v) is 13.8. The Morgan fingerprint density at radius 1 is 0.365 bits per heavy atom. The molecular formula is C42H44O10. The molecule has 0 spiro atoms. The molecule has 0 aliphatic heterocycles. The van der Waals surface area contributed by atoms with Crippen molar-refractivity contribution in [3.63, 3.8) is 0 Å². The van der Waals surface area contributed by atoms with E-state index in [0.717, 1.165) is 0 Å². The second kappa shape index (κ2) is 17.3. The van der Waals surface area contributed by atoms with Crippen LogP contribution >= 0.6 is 0 Å². The van der Waals surface area contributed by atoms with Crippen LogP contribution in [0.15, 0.2) is 121 Å². The Hall–Kier alpha value is -5.32. The quantitative estimate of drug-likeness (QED) is 0.0928. The molecule has 52 heavy (non-hydrogen) atoms. The van der Waals surface area contributed by atoms with Gasteiger partial charge in [-0.25, -0.2) is 0 Å². The molecule has 4 aromatic rings. The average molecular weight is 709 g/mol. The number of carboxylic acid groups (broad SMARTS) is 4. The molecule has 0 saturated heterocycles. The molecule has 0 heterocycles. The van der Waals surface area contributed by atoms with Crippen molar-refractivity contribution in [2.24, 2.45) is 47.3 Å². The summed E-state index contributed by atoms with van der Waals surface area (Å²) in [6.45, 7) is 0. The summed E-state index contributed by atoms with van der Waals surface area (Å²) in [6.07, 6.45) is -4.43. The van der Waals surface area contributed by atoms with E-state index in [1.807, 2.05) is 0 Å². The van der Waals surface area contributed by atoms with Gasteiger partial charge in [0.15, 0.2) is 0 Å². The first-order chi connectivity index (χ1) is 25.0. The summed E-state index contributed by atoms with van der Waals surface area (Å²) in [7, 11) is 0. The minimum absolute atomic E-state index is 0.154. The predicted molar refractivity (Wildman–Crippen MR) is 191 cm³/mol. The minimum atomic E-state index is -1.91. The lowest BCUT2D eigenvalue weighted by molar-refractivity contribution is -0.200. The first kappa shape index (κ1) is 37.9.